The number of carbonyl (C=O) groups is 1. The van der Waals surface area contributed by atoms with Crippen LogP contribution in [0.25, 0.3) is 0 Å². The first-order chi connectivity index (χ1) is 11.2. The summed E-state index contributed by atoms with van der Waals surface area (Å²) in [7, 11) is 0. The summed E-state index contributed by atoms with van der Waals surface area (Å²) in [6, 6.07) is 9.21. The number of nitrogens with one attached hydrogen (secondary N) is 1. The van der Waals surface area contributed by atoms with Gasteiger partial charge in [0.25, 0.3) is 0 Å². The van der Waals surface area contributed by atoms with E-state index in [1.54, 1.807) is 0 Å². The summed E-state index contributed by atoms with van der Waals surface area (Å²) in [5.41, 5.74) is 2.71. The summed E-state index contributed by atoms with van der Waals surface area (Å²) in [5.74, 6) is 0.936. The van der Waals surface area contributed by atoms with E-state index >= 15 is 0 Å². The maximum atomic E-state index is 12.1. The molecular formula is C20H30N2O. The third kappa shape index (κ3) is 5.07. The number of hydrogen-bond donors (Lipinski definition) is 1. The Hall–Kier alpha value is -1.35. The highest BCUT2D eigenvalue weighted by Crippen LogP contribution is 2.27. The zero-order valence-electron chi connectivity index (χ0n) is 14.4. The molecule has 0 spiro atoms. The van der Waals surface area contributed by atoms with Crippen molar-refractivity contribution < 1.29 is 4.79 Å². The number of hydrogen-bond acceptors (Lipinski definition) is 2. The molecule has 0 atom stereocenters. The van der Waals surface area contributed by atoms with Gasteiger partial charge in [-0.15, -0.1) is 0 Å². The third-order valence-electron chi connectivity index (χ3n) is 5.43. The van der Waals surface area contributed by atoms with E-state index in [2.05, 4.69) is 41.4 Å². The van der Waals surface area contributed by atoms with Crippen molar-refractivity contribution in [3.8, 4) is 0 Å². The number of nitrogens with zero attached hydrogens (tertiary/aromatic N) is 1. The van der Waals surface area contributed by atoms with Crippen molar-refractivity contribution in [2.75, 3.05) is 13.1 Å². The quantitative estimate of drug-likeness (QED) is 0.899. The molecule has 1 saturated heterocycles. The monoisotopic (exact) mass is 314 g/mol. The fraction of sp³-hybridized carbons (Fsp3) is 0.650. The van der Waals surface area contributed by atoms with Gasteiger partial charge in [-0.05, 0) is 44.1 Å². The van der Waals surface area contributed by atoms with Gasteiger partial charge >= 0.3 is 0 Å². The summed E-state index contributed by atoms with van der Waals surface area (Å²) in [6.45, 7) is 5.33. The second-order valence-electron chi connectivity index (χ2n) is 7.46. The Balaban J connectivity index is 1.37. The molecule has 0 unspecified atom stereocenters. The standard InChI is InChI=1S/C20H30N2O/c1-16-6-8-18(9-7-16)15-22-12-10-19(11-13-22)21-20(23)14-17-4-2-3-5-17/h6-9,17,19H,2-5,10-15H2,1H3,(H,21,23). The predicted octanol–water partition coefficient (Wildman–Crippen LogP) is 3.66. The first kappa shape index (κ1) is 16.5. The molecule has 0 radical (unpaired) electrons. The molecule has 23 heavy (non-hydrogen) atoms. The Morgan fingerprint density at radius 2 is 1.74 bits per heavy atom. The fourth-order valence-corrected chi connectivity index (χ4v) is 3.95. The summed E-state index contributed by atoms with van der Waals surface area (Å²) in [6.07, 6.45) is 8.06. The normalized spacial score (nSPS) is 20.7. The van der Waals surface area contributed by atoms with Gasteiger partial charge in [0.1, 0.15) is 0 Å². The maximum Gasteiger partial charge on any atom is 0.220 e. The van der Waals surface area contributed by atoms with Crippen LogP contribution in [0.1, 0.15) is 56.1 Å². The Morgan fingerprint density at radius 1 is 1.09 bits per heavy atom. The minimum atomic E-state index is 0.286. The molecule has 126 valence electrons. The molecule has 3 rings (SSSR count). The van der Waals surface area contributed by atoms with Crippen molar-refractivity contribution in [3.05, 3.63) is 35.4 Å². The van der Waals surface area contributed by atoms with Crippen molar-refractivity contribution in [1.82, 2.24) is 10.2 Å². The van der Waals surface area contributed by atoms with Crippen molar-refractivity contribution in [1.29, 1.82) is 0 Å². The van der Waals surface area contributed by atoms with Crippen LogP contribution >= 0.6 is 0 Å². The minimum absolute atomic E-state index is 0.286. The molecule has 1 N–H and O–H groups in total. The highest BCUT2D eigenvalue weighted by Gasteiger charge is 2.23. The van der Waals surface area contributed by atoms with Crippen LogP contribution in [-0.4, -0.2) is 29.9 Å². The zero-order chi connectivity index (χ0) is 16.1. The molecule has 1 aliphatic heterocycles. The number of rotatable bonds is 5. The van der Waals surface area contributed by atoms with E-state index in [1.165, 1.54) is 36.8 Å². The second kappa shape index (κ2) is 7.96. The van der Waals surface area contributed by atoms with Crippen LogP contribution < -0.4 is 5.32 Å². The van der Waals surface area contributed by atoms with E-state index in [4.69, 9.17) is 0 Å². The first-order valence-corrected chi connectivity index (χ1v) is 9.26. The number of amides is 1. The van der Waals surface area contributed by atoms with Crippen molar-refractivity contribution >= 4 is 5.91 Å². The molecule has 1 saturated carbocycles. The van der Waals surface area contributed by atoms with Crippen LogP contribution in [0.15, 0.2) is 24.3 Å². The molecule has 1 aliphatic carbocycles. The molecular weight excluding hydrogens is 284 g/mol. The van der Waals surface area contributed by atoms with Crippen LogP contribution in [0.4, 0.5) is 0 Å². The number of piperidine rings is 1. The van der Waals surface area contributed by atoms with Crippen LogP contribution in [-0.2, 0) is 11.3 Å². The lowest BCUT2D eigenvalue weighted by atomic mass is 10.0. The highest BCUT2D eigenvalue weighted by molar-refractivity contribution is 5.76. The average molecular weight is 314 g/mol. The predicted molar refractivity (Wildman–Crippen MR) is 94.2 cm³/mol. The maximum absolute atomic E-state index is 12.1. The summed E-state index contributed by atoms with van der Waals surface area (Å²) in [5, 5.41) is 3.27. The summed E-state index contributed by atoms with van der Waals surface area (Å²) < 4.78 is 0. The molecule has 1 amide bonds. The average Bonchev–Trinajstić information content (AvgIpc) is 3.04. The van der Waals surface area contributed by atoms with Gasteiger partial charge in [0.2, 0.25) is 5.91 Å². The van der Waals surface area contributed by atoms with Gasteiger partial charge in [0, 0.05) is 32.1 Å². The summed E-state index contributed by atoms with van der Waals surface area (Å²) in [4.78, 5) is 14.7. The lowest BCUT2D eigenvalue weighted by Gasteiger charge is -2.32. The Bertz CT molecular complexity index is 497. The molecule has 1 aromatic carbocycles. The minimum Gasteiger partial charge on any atom is -0.353 e. The van der Waals surface area contributed by atoms with Gasteiger partial charge in [-0.25, -0.2) is 0 Å². The molecule has 1 aromatic rings. The Morgan fingerprint density at radius 3 is 2.39 bits per heavy atom. The van der Waals surface area contributed by atoms with Crippen LogP contribution in [0.2, 0.25) is 0 Å². The van der Waals surface area contributed by atoms with Crippen molar-refractivity contribution in [2.24, 2.45) is 5.92 Å². The molecule has 3 nitrogen and oxygen atoms in total. The lowest BCUT2D eigenvalue weighted by molar-refractivity contribution is -0.123. The molecule has 0 bridgehead atoms. The first-order valence-electron chi connectivity index (χ1n) is 9.26. The molecule has 1 heterocycles. The van der Waals surface area contributed by atoms with Crippen molar-refractivity contribution in [3.63, 3.8) is 0 Å². The van der Waals surface area contributed by atoms with E-state index in [-0.39, 0.29) is 5.91 Å². The SMILES string of the molecule is Cc1ccc(CN2CCC(NC(=O)CC3CCCC3)CC2)cc1. The van der Waals surface area contributed by atoms with Crippen LogP contribution in [0.5, 0.6) is 0 Å². The van der Waals surface area contributed by atoms with E-state index in [1.807, 2.05) is 0 Å². The van der Waals surface area contributed by atoms with E-state index in [0.29, 0.717) is 12.0 Å². The summed E-state index contributed by atoms with van der Waals surface area (Å²) >= 11 is 0. The second-order valence-corrected chi connectivity index (χ2v) is 7.46. The van der Waals surface area contributed by atoms with E-state index < -0.39 is 0 Å². The van der Waals surface area contributed by atoms with Gasteiger partial charge in [0.05, 0.1) is 0 Å². The van der Waals surface area contributed by atoms with E-state index in [9.17, 15) is 4.79 Å². The van der Waals surface area contributed by atoms with E-state index in [0.717, 1.165) is 38.9 Å². The Kier molecular flexibility index (Phi) is 5.71. The lowest BCUT2D eigenvalue weighted by Crippen LogP contribution is -2.44. The largest absolute Gasteiger partial charge is 0.353 e. The van der Waals surface area contributed by atoms with Gasteiger partial charge < -0.3 is 5.32 Å². The molecule has 2 aliphatic rings. The van der Waals surface area contributed by atoms with Crippen LogP contribution in [0.3, 0.4) is 0 Å². The number of carbonyl (C=O) groups excluding carboxylic acids is 1. The Labute approximate surface area is 140 Å². The van der Waals surface area contributed by atoms with Crippen LogP contribution in [0, 0.1) is 12.8 Å². The topological polar surface area (TPSA) is 32.3 Å². The fourth-order valence-electron chi connectivity index (χ4n) is 3.95. The highest BCUT2D eigenvalue weighted by atomic mass is 16.1. The van der Waals surface area contributed by atoms with Gasteiger partial charge in [-0.3, -0.25) is 9.69 Å². The zero-order valence-corrected chi connectivity index (χ0v) is 14.4. The molecule has 3 heteroatoms. The smallest absolute Gasteiger partial charge is 0.220 e. The number of benzene rings is 1. The number of likely N-dealkylation sites (tertiary alicyclic amines) is 1. The molecule has 0 aromatic heterocycles. The third-order valence-corrected chi connectivity index (χ3v) is 5.43. The number of aryl methyl sites for hydroxylation is 1. The van der Waals surface area contributed by atoms with Gasteiger partial charge in [-0.1, -0.05) is 42.7 Å². The van der Waals surface area contributed by atoms with Gasteiger partial charge in [-0.2, -0.15) is 0 Å². The molecule has 2 fully saturated rings. The van der Waals surface area contributed by atoms with Crippen molar-refractivity contribution in [2.45, 2.75) is 64.5 Å². The van der Waals surface area contributed by atoms with Gasteiger partial charge in [0.15, 0.2) is 0 Å².